The maximum atomic E-state index is 13.2. The third-order valence-electron chi connectivity index (χ3n) is 5.31. The zero-order valence-corrected chi connectivity index (χ0v) is 15.8. The Balaban J connectivity index is 2.47. The molecule has 0 spiro atoms. The predicted octanol–water partition coefficient (Wildman–Crippen LogP) is 1.35. The van der Waals surface area contributed by atoms with E-state index in [1.807, 2.05) is 12.1 Å². The Morgan fingerprint density at radius 2 is 1.46 bits per heavy atom. The molecule has 0 saturated carbocycles. The van der Waals surface area contributed by atoms with Crippen LogP contribution in [0.3, 0.4) is 0 Å². The van der Waals surface area contributed by atoms with Crippen molar-refractivity contribution >= 4 is 40.2 Å². The smallest absolute Gasteiger partial charge is 0.375 e. The van der Waals surface area contributed by atoms with Crippen LogP contribution < -0.4 is 5.32 Å². The van der Waals surface area contributed by atoms with Crippen molar-refractivity contribution in [3.8, 4) is 0 Å². The van der Waals surface area contributed by atoms with Crippen molar-refractivity contribution in [2.45, 2.75) is 17.9 Å². The Morgan fingerprint density at radius 1 is 0.857 bits per heavy atom. The molecule has 28 heavy (non-hydrogen) atoms. The van der Waals surface area contributed by atoms with Crippen LogP contribution in [0, 0.1) is 0 Å². The lowest BCUT2D eigenvalue weighted by atomic mass is 9.65. The first-order valence-electron chi connectivity index (χ1n) is 8.39. The molecule has 1 unspecified atom stereocenters. The molecule has 1 aliphatic heterocycles. The molecule has 0 saturated heterocycles. The molecule has 0 amide bonds. The molecule has 2 aromatic carbocycles. The third kappa shape index (κ3) is 2.24. The van der Waals surface area contributed by atoms with Crippen LogP contribution in [0.1, 0.15) is 12.5 Å². The molecule has 0 bridgehead atoms. The first kappa shape index (κ1) is 19.3. The molecular formula is C20H19NO7. The number of methoxy groups -OCH3 is 3. The average molecular weight is 385 g/mol. The summed E-state index contributed by atoms with van der Waals surface area (Å²) in [4.78, 5) is 51.3. The first-order chi connectivity index (χ1) is 13.3. The Kier molecular flexibility index (Phi) is 4.58. The van der Waals surface area contributed by atoms with E-state index < -0.39 is 34.6 Å². The van der Waals surface area contributed by atoms with Crippen LogP contribution >= 0.6 is 0 Å². The molecule has 0 fully saturated rings. The van der Waals surface area contributed by atoms with E-state index in [1.165, 1.54) is 6.92 Å². The van der Waals surface area contributed by atoms with Gasteiger partial charge in [0.25, 0.3) is 11.3 Å². The zero-order chi connectivity index (χ0) is 20.7. The summed E-state index contributed by atoms with van der Waals surface area (Å²) >= 11 is 0. The van der Waals surface area contributed by atoms with E-state index in [9.17, 15) is 19.2 Å². The summed E-state index contributed by atoms with van der Waals surface area (Å²) in [5, 5.41) is 4.17. The number of hydrogen-bond donors (Lipinski definition) is 1. The van der Waals surface area contributed by atoms with Crippen LogP contribution in [0.2, 0.25) is 0 Å². The summed E-state index contributed by atoms with van der Waals surface area (Å²) < 4.78 is 14.3. The van der Waals surface area contributed by atoms with Gasteiger partial charge in [-0.3, -0.25) is 4.79 Å². The fourth-order valence-corrected chi connectivity index (χ4v) is 3.91. The van der Waals surface area contributed by atoms with Gasteiger partial charge in [-0.15, -0.1) is 0 Å². The predicted molar refractivity (Wildman–Crippen MR) is 98.7 cm³/mol. The number of carbonyl (C=O) groups is 4. The van der Waals surface area contributed by atoms with Gasteiger partial charge in [-0.2, -0.15) is 0 Å². The van der Waals surface area contributed by atoms with Gasteiger partial charge < -0.3 is 19.5 Å². The topological polar surface area (TPSA) is 108 Å². The largest absolute Gasteiger partial charge is 0.467 e. The molecule has 0 radical (unpaired) electrons. The number of benzene rings is 2. The van der Waals surface area contributed by atoms with Crippen molar-refractivity contribution in [2.24, 2.45) is 0 Å². The van der Waals surface area contributed by atoms with Gasteiger partial charge in [-0.25, -0.2) is 14.4 Å². The minimum atomic E-state index is -2.30. The summed E-state index contributed by atoms with van der Waals surface area (Å²) in [5.41, 5.74) is -3.61. The number of ketones is 1. The van der Waals surface area contributed by atoms with Crippen LogP contribution in [0.4, 0.5) is 5.69 Å². The van der Waals surface area contributed by atoms with Crippen molar-refractivity contribution in [3.05, 3.63) is 42.0 Å². The Bertz CT molecular complexity index is 997. The number of nitrogens with one attached hydrogen (secondary N) is 1. The molecule has 8 nitrogen and oxygen atoms in total. The number of ether oxygens (including phenoxy) is 3. The van der Waals surface area contributed by atoms with Crippen molar-refractivity contribution in [1.82, 2.24) is 0 Å². The Hall–Kier alpha value is -3.42. The minimum absolute atomic E-state index is 0.316. The van der Waals surface area contributed by atoms with Gasteiger partial charge >= 0.3 is 17.9 Å². The van der Waals surface area contributed by atoms with Crippen LogP contribution in [0.15, 0.2) is 36.4 Å². The quantitative estimate of drug-likeness (QED) is 0.364. The highest BCUT2D eigenvalue weighted by atomic mass is 16.6. The molecule has 2 aromatic rings. The molecular weight excluding hydrogens is 366 g/mol. The van der Waals surface area contributed by atoms with Crippen LogP contribution in [-0.2, 0) is 38.8 Å². The molecule has 3 rings (SSSR count). The molecule has 1 heterocycles. The van der Waals surface area contributed by atoms with Gasteiger partial charge in [0.2, 0.25) is 0 Å². The van der Waals surface area contributed by atoms with Crippen LogP contribution in [0.25, 0.3) is 10.8 Å². The monoisotopic (exact) mass is 385 g/mol. The summed E-state index contributed by atoms with van der Waals surface area (Å²) in [5.74, 6) is -4.38. The summed E-state index contributed by atoms with van der Waals surface area (Å²) in [6.07, 6.45) is 0. The van der Waals surface area contributed by atoms with Gasteiger partial charge in [0.05, 0.1) is 21.3 Å². The first-order valence-corrected chi connectivity index (χ1v) is 8.39. The molecule has 0 aromatic heterocycles. The maximum Gasteiger partial charge on any atom is 0.375 e. The fraction of sp³-hybridized carbons (Fsp3) is 0.300. The van der Waals surface area contributed by atoms with Gasteiger partial charge in [-0.1, -0.05) is 30.3 Å². The second-order valence-corrected chi connectivity index (χ2v) is 6.51. The average Bonchev–Trinajstić information content (AvgIpc) is 3.02. The van der Waals surface area contributed by atoms with Gasteiger partial charge in [0, 0.05) is 11.3 Å². The normalized spacial score (nSPS) is 19.3. The van der Waals surface area contributed by atoms with E-state index in [-0.39, 0.29) is 0 Å². The number of esters is 3. The van der Waals surface area contributed by atoms with E-state index in [4.69, 9.17) is 9.47 Å². The molecule has 1 N–H and O–H groups in total. The third-order valence-corrected chi connectivity index (χ3v) is 5.31. The maximum absolute atomic E-state index is 13.2. The Labute approximate surface area is 160 Å². The molecule has 0 aliphatic carbocycles. The highest BCUT2D eigenvalue weighted by Gasteiger charge is 2.71. The van der Waals surface area contributed by atoms with Crippen LogP contribution in [0.5, 0.6) is 0 Å². The highest BCUT2D eigenvalue weighted by molar-refractivity contribution is 6.41. The zero-order valence-electron chi connectivity index (χ0n) is 15.8. The number of fused-ring (bicyclic) bond motifs is 3. The lowest BCUT2D eigenvalue weighted by Crippen LogP contribution is -2.67. The summed E-state index contributed by atoms with van der Waals surface area (Å²) in [7, 11) is 3.21. The lowest BCUT2D eigenvalue weighted by Gasteiger charge is -2.37. The number of rotatable bonds is 4. The molecule has 1 atom stereocenters. The second-order valence-electron chi connectivity index (χ2n) is 6.51. The SMILES string of the molecule is COC(=O)C(=O)C1(C)c2c(ccc3ccccc23)NC1(C(=O)OC)C(=O)OC. The number of carbonyl (C=O) groups excluding carboxylic acids is 4. The number of anilines is 1. The van der Waals surface area contributed by atoms with Gasteiger partial charge in [0.1, 0.15) is 5.41 Å². The van der Waals surface area contributed by atoms with Gasteiger partial charge in [0.15, 0.2) is 0 Å². The lowest BCUT2D eigenvalue weighted by molar-refractivity contribution is -0.167. The summed E-state index contributed by atoms with van der Waals surface area (Å²) in [6.45, 7) is 1.34. The van der Waals surface area contributed by atoms with Crippen molar-refractivity contribution in [1.29, 1.82) is 0 Å². The van der Waals surface area contributed by atoms with E-state index in [0.717, 1.165) is 26.7 Å². The van der Waals surface area contributed by atoms with Crippen LogP contribution in [-0.4, -0.2) is 50.6 Å². The van der Waals surface area contributed by atoms with E-state index in [0.29, 0.717) is 16.6 Å². The molecule has 8 heteroatoms. The Morgan fingerprint density at radius 3 is 2.04 bits per heavy atom. The van der Waals surface area contributed by atoms with Crippen molar-refractivity contribution in [3.63, 3.8) is 0 Å². The van der Waals surface area contributed by atoms with Crippen molar-refractivity contribution < 1.29 is 33.4 Å². The van der Waals surface area contributed by atoms with Crippen molar-refractivity contribution in [2.75, 3.05) is 26.6 Å². The standard InChI is InChI=1S/C20H19NO7/c1-19(15(22)16(23)26-2)14-12-8-6-5-7-11(12)9-10-13(14)21-20(19,17(24)27-3)18(25)28-4/h5-10,21H,1-4H3. The fourth-order valence-electron chi connectivity index (χ4n) is 3.91. The minimum Gasteiger partial charge on any atom is -0.467 e. The highest BCUT2D eigenvalue weighted by Crippen LogP contribution is 2.52. The number of Topliss-reactive ketones (excluding diaryl/α,β-unsaturated/α-hetero) is 1. The van der Waals surface area contributed by atoms with E-state index >= 15 is 0 Å². The molecule has 1 aliphatic rings. The van der Waals surface area contributed by atoms with E-state index in [1.54, 1.807) is 24.3 Å². The second kappa shape index (κ2) is 6.63. The summed E-state index contributed by atoms with van der Waals surface area (Å²) in [6, 6.07) is 10.5. The van der Waals surface area contributed by atoms with Gasteiger partial charge in [-0.05, 0) is 23.8 Å². The number of hydrogen-bond acceptors (Lipinski definition) is 8. The van der Waals surface area contributed by atoms with E-state index in [2.05, 4.69) is 10.1 Å². The molecule has 146 valence electrons.